The number of rotatable bonds is 4. The van der Waals surface area contributed by atoms with Crippen LogP contribution in [0.2, 0.25) is 5.02 Å². The first-order valence-corrected chi connectivity index (χ1v) is 9.25. The van der Waals surface area contributed by atoms with Crippen molar-refractivity contribution in [3.63, 3.8) is 0 Å². The van der Waals surface area contributed by atoms with Crippen molar-refractivity contribution in [3.05, 3.63) is 79.6 Å². The van der Waals surface area contributed by atoms with E-state index in [0.717, 1.165) is 27.4 Å². The highest BCUT2D eigenvalue weighted by Crippen LogP contribution is 2.25. The molecule has 0 aliphatic heterocycles. The van der Waals surface area contributed by atoms with Gasteiger partial charge in [0.25, 0.3) is 11.6 Å². The molecule has 8 heteroatoms. The van der Waals surface area contributed by atoms with Gasteiger partial charge in [0.15, 0.2) is 4.80 Å². The van der Waals surface area contributed by atoms with Crippen molar-refractivity contribution in [2.75, 3.05) is 0 Å². The molecule has 0 atom stereocenters. The van der Waals surface area contributed by atoms with E-state index >= 15 is 0 Å². The van der Waals surface area contributed by atoms with Gasteiger partial charge in [-0.15, -0.1) is 6.58 Å². The second-order valence-electron chi connectivity index (χ2n) is 6.05. The standard InChI is InChI=1S/C19H16ClN3O3S/c1-4-7-22-16-9-11(2)8-12(3)17(16)27-19(22)21-18(24)14-10-13(23(25)26)5-6-15(14)20/h4-6,8-10H,1,7H2,2-3H3. The summed E-state index contributed by atoms with van der Waals surface area (Å²) in [7, 11) is 0. The summed E-state index contributed by atoms with van der Waals surface area (Å²) in [5, 5.41) is 11.1. The van der Waals surface area contributed by atoms with Crippen LogP contribution in [-0.4, -0.2) is 15.4 Å². The van der Waals surface area contributed by atoms with Gasteiger partial charge in [-0.1, -0.05) is 35.1 Å². The third-order valence-electron chi connectivity index (χ3n) is 4.01. The lowest BCUT2D eigenvalue weighted by Gasteiger charge is -2.04. The molecule has 0 spiro atoms. The summed E-state index contributed by atoms with van der Waals surface area (Å²) in [4.78, 5) is 27.8. The number of aromatic nitrogens is 1. The first-order chi connectivity index (χ1) is 12.8. The van der Waals surface area contributed by atoms with Crippen molar-refractivity contribution in [2.24, 2.45) is 4.99 Å². The van der Waals surface area contributed by atoms with Crippen LogP contribution in [0.4, 0.5) is 5.69 Å². The molecule has 0 bridgehead atoms. The number of benzene rings is 2. The van der Waals surface area contributed by atoms with Crippen LogP contribution in [0.5, 0.6) is 0 Å². The molecule has 0 aliphatic rings. The molecule has 6 nitrogen and oxygen atoms in total. The summed E-state index contributed by atoms with van der Waals surface area (Å²) < 4.78 is 2.93. The van der Waals surface area contributed by atoms with Crippen LogP contribution < -0.4 is 4.80 Å². The summed E-state index contributed by atoms with van der Waals surface area (Å²) in [5.41, 5.74) is 2.96. The molecule has 0 N–H and O–H groups in total. The number of allylic oxidation sites excluding steroid dienone is 1. The van der Waals surface area contributed by atoms with E-state index in [-0.39, 0.29) is 16.3 Å². The van der Waals surface area contributed by atoms with E-state index in [9.17, 15) is 14.9 Å². The number of hydrogen-bond acceptors (Lipinski definition) is 4. The fourth-order valence-electron chi connectivity index (χ4n) is 2.84. The summed E-state index contributed by atoms with van der Waals surface area (Å²) in [6, 6.07) is 7.84. The van der Waals surface area contributed by atoms with E-state index < -0.39 is 10.8 Å². The molecule has 0 aliphatic carbocycles. The molecular weight excluding hydrogens is 386 g/mol. The fraction of sp³-hybridized carbons (Fsp3) is 0.158. The minimum Gasteiger partial charge on any atom is -0.312 e. The predicted octanol–water partition coefficient (Wildman–Crippen LogP) is 4.81. The Morgan fingerprint density at radius 1 is 1.37 bits per heavy atom. The summed E-state index contributed by atoms with van der Waals surface area (Å²) in [6.07, 6.45) is 1.73. The van der Waals surface area contributed by atoms with Crippen LogP contribution >= 0.6 is 22.9 Å². The van der Waals surface area contributed by atoms with Crippen LogP contribution in [-0.2, 0) is 6.54 Å². The number of halogens is 1. The molecule has 1 heterocycles. The molecule has 2 aromatic carbocycles. The van der Waals surface area contributed by atoms with Crippen LogP contribution in [0.15, 0.2) is 48.0 Å². The maximum absolute atomic E-state index is 12.7. The van der Waals surface area contributed by atoms with E-state index in [1.165, 1.54) is 23.5 Å². The predicted molar refractivity (Wildman–Crippen MR) is 107 cm³/mol. The number of non-ortho nitro benzene ring substituents is 1. The van der Waals surface area contributed by atoms with Crippen LogP contribution in [0.3, 0.4) is 0 Å². The number of aryl methyl sites for hydroxylation is 2. The van der Waals surface area contributed by atoms with Gasteiger partial charge in [0.05, 0.1) is 25.7 Å². The van der Waals surface area contributed by atoms with E-state index in [4.69, 9.17) is 11.6 Å². The van der Waals surface area contributed by atoms with Gasteiger partial charge in [-0.3, -0.25) is 14.9 Å². The number of nitro groups is 1. The molecular formula is C19H16ClN3O3S. The lowest BCUT2D eigenvalue weighted by Crippen LogP contribution is -2.16. The lowest BCUT2D eigenvalue weighted by molar-refractivity contribution is -0.384. The molecule has 0 unspecified atom stereocenters. The largest absolute Gasteiger partial charge is 0.312 e. The Morgan fingerprint density at radius 3 is 2.78 bits per heavy atom. The van der Waals surface area contributed by atoms with Gasteiger partial charge in [-0.05, 0) is 37.1 Å². The number of fused-ring (bicyclic) bond motifs is 1. The maximum Gasteiger partial charge on any atom is 0.281 e. The molecule has 0 saturated carbocycles. The minimum atomic E-state index is -0.623. The zero-order valence-electron chi connectivity index (χ0n) is 14.7. The van der Waals surface area contributed by atoms with Crippen molar-refractivity contribution in [1.82, 2.24) is 4.57 Å². The fourth-order valence-corrected chi connectivity index (χ4v) is 4.13. The van der Waals surface area contributed by atoms with E-state index in [1.54, 1.807) is 6.08 Å². The van der Waals surface area contributed by atoms with E-state index in [0.29, 0.717) is 11.3 Å². The van der Waals surface area contributed by atoms with Gasteiger partial charge < -0.3 is 4.57 Å². The van der Waals surface area contributed by atoms with Gasteiger partial charge in [-0.2, -0.15) is 4.99 Å². The highest BCUT2D eigenvalue weighted by Gasteiger charge is 2.16. The first kappa shape index (κ1) is 19.0. The zero-order valence-corrected chi connectivity index (χ0v) is 16.3. The van der Waals surface area contributed by atoms with Crippen molar-refractivity contribution >= 4 is 44.7 Å². The molecule has 27 heavy (non-hydrogen) atoms. The molecule has 1 amide bonds. The van der Waals surface area contributed by atoms with Crippen molar-refractivity contribution in [1.29, 1.82) is 0 Å². The van der Waals surface area contributed by atoms with Crippen LogP contribution in [0.1, 0.15) is 21.5 Å². The molecule has 138 valence electrons. The molecule has 3 rings (SSSR count). The Labute approximate surface area is 164 Å². The number of carbonyl (C=O) groups is 1. The van der Waals surface area contributed by atoms with Gasteiger partial charge in [0.1, 0.15) is 0 Å². The number of nitro benzene ring substituents is 1. The molecule has 0 saturated heterocycles. The van der Waals surface area contributed by atoms with Crippen LogP contribution in [0.25, 0.3) is 10.2 Å². The molecule has 0 fully saturated rings. The average molecular weight is 402 g/mol. The second-order valence-corrected chi connectivity index (χ2v) is 7.44. The number of nitrogens with zero attached hydrogens (tertiary/aromatic N) is 3. The second kappa shape index (κ2) is 7.46. The lowest BCUT2D eigenvalue weighted by atomic mass is 10.1. The first-order valence-electron chi connectivity index (χ1n) is 8.06. The molecule has 1 aromatic heterocycles. The highest BCUT2D eigenvalue weighted by molar-refractivity contribution is 7.16. The number of thiazole rings is 1. The van der Waals surface area contributed by atoms with Gasteiger partial charge in [0.2, 0.25) is 0 Å². The summed E-state index contributed by atoms with van der Waals surface area (Å²) in [6.45, 7) is 8.27. The summed E-state index contributed by atoms with van der Waals surface area (Å²) >= 11 is 7.45. The third kappa shape index (κ3) is 3.70. The summed E-state index contributed by atoms with van der Waals surface area (Å²) in [5.74, 6) is -0.623. The normalized spacial score (nSPS) is 11.7. The maximum atomic E-state index is 12.7. The van der Waals surface area contributed by atoms with Crippen molar-refractivity contribution in [3.8, 4) is 0 Å². The van der Waals surface area contributed by atoms with Crippen molar-refractivity contribution in [2.45, 2.75) is 20.4 Å². The third-order valence-corrected chi connectivity index (χ3v) is 5.57. The SMILES string of the molecule is C=CCn1c(=NC(=O)c2cc([N+](=O)[O-])ccc2Cl)sc2c(C)cc(C)cc21. The zero-order chi connectivity index (χ0) is 19.7. The number of hydrogen-bond donors (Lipinski definition) is 0. The van der Waals surface area contributed by atoms with Crippen molar-refractivity contribution < 1.29 is 9.72 Å². The van der Waals surface area contributed by atoms with Crippen LogP contribution in [0, 0.1) is 24.0 Å². The number of carbonyl (C=O) groups excluding carboxylic acids is 1. The Bertz CT molecular complexity index is 1160. The van der Waals surface area contributed by atoms with Gasteiger partial charge >= 0.3 is 0 Å². The Hall–Kier alpha value is -2.77. The quantitative estimate of drug-likeness (QED) is 0.357. The topological polar surface area (TPSA) is 77.5 Å². The minimum absolute atomic E-state index is 0.00128. The average Bonchev–Trinajstić information content (AvgIpc) is 2.93. The van der Waals surface area contributed by atoms with Gasteiger partial charge in [-0.25, -0.2) is 0 Å². The Morgan fingerprint density at radius 2 is 2.11 bits per heavy atom. The molecule has 0 radical (unpaired) electrons. The van der Waals surface area contributed by atoms with Gasteiger partial charge in [0, 0.05) is 18.7 Å². The van der Waals surface area contributed by atoms with E-state index in [2.05, 4.69) is 17.6 Å². The highest BCUT2D eigenvalue weighted by atomic mass is 35.5. The molecule has 3 aromatic rings. The number of amides is 1. The smallest absolute Gasteiger partial charge is 0.281 e. The Kier molecular flexibility index (Phi) is 5.25. The Balaban J connectivity index is 2.21. The van der Waals surface area contributed by atoms with E-state index in [1.807, 2.05) is 24.5 Å². The monoisotopic (exact) mass is 401 g/mol.